The summed E-state index contributed by atoms with van der Waals surface area (Å²) in [7, 11) is 0. The molecule has 0 radical (unpaired) electrons. The van der Waals surface area contributed by atoms with Crippen LogP contribution in [0.3, 0.4) is 0 Å². The Morgan fingerprint density at radius 3 is 2.47 bits per heavy atom. The highest BCUT2D eigenvalue weighted by Crippen LogP contribution is 2.23. The topological polar surface area (TPSA) is 35.1 Å². The Bertz CT molecular complexity index is 395. The van der Waals surface area contributed by atoms with Gasteiger partial charge in [-0.3, -0.25) is 0 Å². The predicted octanol–water partition coefficient (Wildman–Crippen LogP) is 3.59. The maximum absolute atomic E-state index is 13.6. The smallest absolute Gasteiger partial charge is 0.136 e. The van der Waals surface area contributed by atoms with Gasteiger partial charge in [0.15, 0.2) is 0 Å². The second kappa shape index (κ2) is 5.57. The third kappa shape index (κ3) is 4.14. The van der Waals surface area contributed by atoms with E-state index >= 15 is 0 Å². The molecule has 0 aliphatic heterocycles. The van der Waals surface area contributed by atoms with E-state index in [0.29, 0.717) is 10.6 Å². The molecule has 1 unspecified atom stereocenters. The molecule has 0 amide bonds. The molecule has 1 aromatic carbocycles. The number of halogens is 2. The van der Waals surface area contributed by atoms with E-state index in [9.17, 15) is 8.94 Å². The monoisotopic (exact) mass is 277 g/mol. The van der Waals surface area contributed by atoms with E-state index in [1.165, 1.54) is 6.07 Å². The van der Waals surface area contributed by atoms with Gasteiger partial charge in [-0.05, 0) is 39.8 Å². The van der Waals surface area contributed by atoms with Crippen molar-refractivity contribution in [1.82, 2.24) is 4.72 Å². The lowest BCUT2D eigenvalue weighted by molar-refractivity contribution is 0.522. The lowest BCUT2D eigenvalue weighted by Gasteiger charge is -2.26. The van der Waals surface area contributed by atoms with E-state index in [1.54, 1.807) is 19.1 Å². The molecule has 0 saturated carbocycles. The molecule has 96 valence electrons. The summed E-state index contributed by atoms with van der Waals surface area (Å²) in [6, 6.07) is 4.16. The lowest BCUT2D eigenvalue weighted by Crippen LogP contribution is -2.40. The molecular weight excluding hydrogens is 261 g/mol. The second-order valence-corrected chi connectivity index (χ2v) is 7.32. The normalized spacial score (nSPS) is 15.7. The van der Waals surface area contributed by atoms with Gasteiger partial charge < -0.3 is 4.55 Å². The Kier molecular flexibility index (Phi) is 4.84. The molecule has 0 spiro atoms. The Hall–Kier alpha value is -0.290. The molecule has 0 saturated heterocycles. The number of rotatable bonds is 3. The van der Waals surface area contributed by atoms with Crippen LogP contribution in [-0.4, -0.2) is 9.30 Å². The molecule has 17 heavy (non-hydrogen) atoms. The van der Waals surface area contributed by atoms with Crippen LogP contribution >= 0.6 is 11.6 Å². The molecular formula is C12H17ClFNOS. The number of benzene rings is 1. The summed E-state index contributed by atoms with van der Waals surface area (Å²) in [5.41, 5.74) is 0.465. The van der Waals surface area contributed by atoms with Crippen molar-refractivity contribution in [3.63, 3.8) is 0 Å². The summed E-state index contributed by atoms with van der Waals surface area (Å²) in [6.07, 6.45) is 0. The van der Waals surface area contributed by atoms with Crippen molar-refractivity contribution in [3.05, 3.63) is 34.6 Å². The fourth-order valence-corrected chi connectivity index (χ4v) is 2.21. The minimum Gasteiger partial charge on any atom is -0.598 e. The summed E-state index contributed by atoms with van der Waals surface area (Å²) in [5, 5.41) is 0.357. The van der Waals surface area contributed by atoms with Gasteiger partial charge in [0.05, 0.1) is 6.04 Å². The third-order valence-corrected chi connectivity index (χ3v) is 4.18. The van der Waals surface area contributed by atoms with Crippen LogP contribution in [0.1, 0.15) is 39.3 Å². The zero-order chi connectivity index (χ0) is 13.2. The van der Waals surface area contributed by atoms with Crippen molar-refractivity contribution < 1.29 is 8.94 Å². The van der Waals surface area contributed by atoms with Gasteiger partial charge in [-0.25, -0.2) is 4.39 Å². The minimum absolute atomic E-state index is 0.327. The van der Waals surface area contributed by atoms with E-state index in [-0.39, 0.29) is 16.6 Å². The highest BCUT2D eigenvalue weighted by atomic mass is 35.5. The molecule has 1 N–H and O–H groups in total. The van der Waals surface area contributed by atoms with Crippen LogP contribution in [0.5, 0.6) is 0 Å². The van der Waals surface area contributed by atoms with E-state index in [0.717, 1.165) is 0 Å². The quantitative estimate of drug-likeness (QED) is 0.857. The maximum Gasteiger partial charge on any atom is 0.136 e. The van der Waals surface area contributed by atoms with Gasteiger partial charge in [0.25, 0.3) is 0 Å². The fourth-order valence-electron chi connectivity index (χ4n) is 1.25. The van der Waals surface area contributed by atoms with Crippen molar-refractivity contribution >= 4 is 23.0 Å². The van der Waals surface area contributed by atoms with Gasteiger partial charge in [-0.2, -0.15) is 0 Å². The first-order chi connectivity index (χ1) is 7.71. The van der Waals surface area contributed by atoms with E-state index in [2.05, 4.69) is 4.72 Å². The van der Waals surface area contributed by atoms with E-state index in [1.807, 2.05) is 20.8 Å². The van der Waals surface area contributed by atoms with Gasteiger partial charge in [-0.1, -0.05) is 17.7 Å². The third-order valence-electron chi connectivity index (χ3n) is 2.27. The first-order valence-corrected chi connectivity index (χ1v) is 6.87. The molecule has 1 aromatic rings. The summed E-state index contributed by atoms with van der Waals surface area (Å²) >= 11 is 4.45. The van der Waals surface area contributed by atoms with Gasteiger partial charge in [0.2, 0.25) is 0 Å². The molecule has 2 nitrogen and oxygen atoms in total. The largest absolute Gasteiger partial charge is 0.598 e. The van der Waals surface area contributed by atoms with Crippen molar-refractivity contribution in [3.8, 4) is 0 Å². The van der Waals surface area contributed by atoms with Crippen LogP contribution < -0.4 is 4.72 Å². The summed E-state index contributed by atoms with van der Waals surface area (Å²) < 4.78 is 28.0. The number of nitrogens with one attached hydrogen (secondary N) is 1. The van der Waals surface area contributed by atoms with E-state index in [4.69, 9.17) is 11.6 Å². The van der Waals surface area contributed by atoms with Crippen molar-refractivity contribution in [2.24, 2.45) is 0 Å². The number of hydrogen-bond acceptors (Lipinski definition) is 2. The standard InChI is InChI=1S/C12H17ClFNOS/c1-8(15-17(16)12(2,3)4)10-6-5-9(13)7-11(10)14/h5-8,15H,1-4H3/t8-,17?/m0/s1. The van der Waals surface area contributed by atoms with Crippen LogP contribution in [0.25, 0.3) is 0 Å². The molecule has 0 bridgehead atoms. The van der Waals surface area contributed by atoms with Crippen LogP contribution in [0.15, 0.2) is 18.2 Å². The van der Waals surface area contributed by atoms with Gasteiger partial charge in [-0.15, -0.1) is 4.72 Å². The Balaban J connectivity index is 2.80. The van der Waals surface area contributed by atoms with Crippen LogP contribution in [0, 0.1) is 5.82 Å². The van der Waals surface area contributed by atoms with E-state index < -0.39 is 11.4 Å². The highest BCUT2D eigenvalue weighted by molar-refractivity contribution is 7.90. The zero-order valence-electron chi connectivity index (χ0n) is 10.4. The van der Waals surface area contributed by atoms with Gasteiger partial charge >= 0.3 is 0 Å². The summed E-state index contributed by atoms with van der Waals surface area (Å²) in [4.78, 5) is 0. The van der Waals surface area contributed by atoms with Gasteiger partial charge in [0.1, 0.15) is 10.6 Å². The molecule has 0 aromatic heterocycles. The zero-order valence-corrected chi connectivity index (χ0v) is 12.0. The predicted molar refractivity (Wildman–Crippen MR) is 70.9 cm³/mol. The molecule has 0 aliphatic carbocycles. The average molecular weight is 278 g/mol. The lowest BCUT2D eigenvalue weighted by atomic mass is 10.1. The van der Waals surface area contributed by atoms with Gasteiger partial charge in [0, 0.05) is 21.9 Å². The average Bonchev–Trinajstić information content (AvgIpc) is 2.15. The summed E-state index contributed by atoms with van der Waals surface area (Å²) in [5.74, 6) is -0.386. The molecule has 0 aliphatic rings. The minimum atomic E-state index is -1.23. The molecule has 0 fully saturated rings. The maximum atomic E-state index is 13.6. The Morgan fingerprint density at radius 2 is 2.00 bits per heavy atom. The van der Waals surface area contributed by atoms with Crippen LogP contribution in [0.4, 0.5) is 4.39 Å². The molecule has 5 heteroatoms. The van der Waals surface area contributed by atoms with Crippen molar-refractivity contribution in [2.45, 2.75) is 38.5 Å². The first kappa shape index (κ1) is 14.8. The second-order valence-electron chi connectivity index (χ2n) is 4.89. The number of hydrogen-bond donors (Lipinski definition) is 1. The highest BCUT2D eigenvalue weighted by Gasteiger charge is 2.28. The Labute approximate surface area is 110 Å². The van der Waals surface area contributed by atoms with Crippen molar-refractivity contribution in [1.29, 1.82) is 0 Å². The molecule has 0 heterocycles. The molecule has 1 rings (SSSR count). The van der Waals surface area contributed by atoms with Crippen LogP contribution in [0.2, 0.25) is 5.02 Å². The fraction of sp³-hybridized carbons (Fsp3) is 0.500. The Morgan fingerprint density at radius 1 is 1.41 bits per heavy atom. The first-order valence-electron chi connectivity index (χ1n) is 5.35. The van der Waals surface area contributed by atoms with Crippen molar-refractivity contribution in [2.75, 3.05) is 0 Å². The molecule has 2 atom stereocenters. The van der Waals surface area contributed by atoms with Crippen LogP contribution in [-0.2, 0) is 11.4 Å². The SMILES string of the molecule is C[C@H](N[S+]([O-])C(C)(C)C)c1ccc(Cl)cc1F. The summed E-state index contributed by atoms with van der Waals surface area (Å²) in [6.45, 7) is 7.36.